The highest BCUT2D eigenvalue weighted by Gasteiger charge is 2.14. The maximum Gasteiger partial charge on any atom is 0.317 e. The first-order chi connectivity index (χ1) is 13.2. The summed E-state index contributed by atoms with van der Waals surface area (Å²) in [5.41, 5.74) is 3.50. The van der Waals surface area contributed by atoms with Crippen molar-refractivity contribution in [2.24, 2.45) is 0 Å². The zero-order valence-corrected chi connectivity index (χ0v) is 14.5. The molecular weight excluding hydrogens is 342 g/mol. The van der Waals surface area contributed by atoms with Gasteiger partial charge in [0.25, 0.3) is 4.92 Å². The lowest BCUT2D eigenvalue weighted by molar-refractivity contribution is -0.729. The molecule has 132 valence electrons. The van der Waals surface area contributed by atoms with Crippen LogP contribution in [0.3, 0.4) is 0 Å². The lowest BCUT2D eigenvalue weighted by atomic mass is 10.0. The fraction of sp³-hybridized carbons (Fsp3) is 0.0500. The molecule has 0 aliphatic heterocycles. The average Bonchev–Trinajstić information content (AvgIpc) is 2.73. The first-order valence-corrected chi connectivity index (χ1v) is 8.32. The molecule has 0 saturated heterocycles. The number of rotatable bonds is 4. The molecule has 2 N–H and O–H groups in total. The highest BCUT2D eigenvalue weighted by molar-refractivity contribution is 5.94. The van der Waals surface area contributed by atoms with Crippen molar-refractivity contribution < 1.29 is 10.1 Å². The standard InChI is InChI=1S/C20H16N5O2/c1-21-20-17-11-14(13-4-2-6-16(10-13)25(26)27)7-8-18(17)23-19(24-20)15-5-3-9-22-12-15/h2-12H,1H3,(H,26,27)(H,21,23,24)/q+1. The Morgan fingerprint density at radius 2 is 1.78 bits per heavy atom. The average molecular weight is 358 g/mol. The first kappa shape index (κ1) is 16.6. The van der Waals surface area contributed by atoms with E-state index >= 15 is 0 Å². The van der Waals surface area contributed by atoms with E-state index in [1.54, 1.807) is 30.6 Å². The van der Waals surface area contributed by atoms with Crippen molar-refractivity contribution in [2.45, 2.75) is 0 Å². The van der Waals surface area contributed by atoms with Gasteiger partial charge in [0, 0.05) is 42.5 Å². The zero-order chi connectivity index (χ0) is 18.8. The molecule has 0 unspecified atom stereocenters. The molecule has 0 bridgehead atoms. The topological polar surface area (TPSA) is 91.0 Å². The molecule has 2 heterocycles. The summed E-state index contributed by atoms with van der Waals surface area (Å²) < 4.78 is 0. The van der Waals surface area contributed by atoms with Crippen molar-refractivity contribution in [1.82, 2.24) is 15.0 Å². The van der Waals surface area contributed by atoms with E-state index in [1.807, 2.05) is 43.4 Å². The second-order valence-corrected chi connectivity index (χ2v) is 5.94. The van der Waals surface area contributed by atoms with Gasteiger partial charge < -0.3 is 5.32 Å². The molecule has 0 amide bonds. The number of pyridine rings is 1. The predicted octanol–water partition coefficient (Wildman–Crippen LogP) is 4.20. The van der Waals surface area contributed by atoms with E-state index < -0.39 is 0 Å². The SMILES string of the molecule is CNc1nc(-c2cccnc2)nc2ccc(-c3cccc([N+](=O)O)c3)cc12. The predicted molar refractivity (Wildman–Crippen MR) is 103 cm³/mol. The third kappa shape index (κ3) is 3.18. The van der Waals surface area contributed by atoms with Crippen LogP contribution in [-0.2, 0) is 0 Å². The molecule has 0 spiro atoms. The molecule has 0 aliphatic carbocycles. The second kappa shape index (κ2) is 6.80. The van der Waals surface area contributed by atoms with Gasteiger partial charge in [-0.3, -0.25) is 4.98 Å². The summed E-state index contributed by atoms with van der Waals surface area (Å²) in [6.07, 6.45) is 3.43. The summed E-state index contributed by atoms with van der Waals surface area (Å²) in [5.74, 6) is 1.29. The number of fused-ring (bicyclic) bond motifs is 1. The van der Waals surface area contributed by atoms with Crippen LogP contribution in [0.1, 0.15) is 0 Å². The van der Waals surface area contributed by atoms with Crippen LogP contribution in [0.4, 0.5) is 11.5 Å². The fourth-order valence-corrected chi connectivity index (χ4v) is 2.93. The van der Waals surface area contributed by atoms with Gasteiger partial charge >= 0.3 is 5.69 Å². The molecule has 2 aromatic carbocycles. The minimum Gasteiger partial charge on any atom is -0.373 e. The molecule has 27 heavy (non-hydrogen) atoms. The van der Waals surface area contributed by atoms with Crippen molar-refractivity contribution in [3.05, 3.63) is 71.9 Å². The third-order valence-corrected chi connectivity index (χ3v) is 4.25. The number of hydrogen-bond donors (Lipinski definition) is 2. The third-order valence-electron chi connectivity index (χ3n) is 4.25. The molecule has 7 nitrogen and oxygen atoms in total. The van der Waals surface area contributed by atoms with Crippen LogP contribution in [-0.4, -0.2) is 32.1 Å². The Bertz CT molecular complexity index is 1150. The summed E-state index contributed by atoms with van der Waals surface area (Å²) >= 11 is 0. The number of aromatic nitrogens is 3. The smallest absolute Gasteiger partial charge is 0.317 e. The molecule has 0 aliphatic rings. The van der Waals surface area contributed by atoms with Crippen LogP contribution >= 0.6 is 0 Å². The maximum atomic E-state index is 11.2. The summed E-state index contributed by atoms with van der Waals surface area (Å²) in [4.78, 5) is 24.4. The Balaban J connectivity index is 1.85. The van der Waals surface area contributed by atoms with E-state index in [-0.39, 0.29) is 10.6 Å². The van der Waals surface area contributed by atoms with Gasteiger partial charge in [-0.2, -0.15) is 0 Å². The van der Waals surface area contributed by atoms with E-state index in [9.17, 15) is 4.91 Å². The minimum absolute atomic E-state index is 0.146. The van der Waals surface area contributed by atoms with Gasteiger partial charge in [0.1, 0.15) is 5.82 Å². The van der Waals surface area contributed by atoms with E-state index in [1.165, 1.54) is 0 Å². The van der Waals surface area contributed by atoms with Crippen LogP contribution in [0.25, 0.3) is 33.4 Å². The monoisotopic (exact) mass is 358 g/mol. The van der Waals surface area contributed by atoms with Crippen molar-refractivity contribution in [1.29, 1.82) is 0 Å². The Morgan fingerprint density at radius 1 is 0.963 bits per heavy atom. The van der Waals surface area contributed by atoms with Crippen LogP contribution in [0.2, 0.25) is 0 Å². The Morgan fingerprint density at radius 3 is 2.52 bits per heavy atom. The van der Waals surface area contributed by atoms with Crippen LogP contribution in [0.5, 0.6) is 0 Å². The minimum atomic E-state index is -0.146. The molecular formula is C20H16N5O2+. The Hall–Kier alpha value is -3.87. The Kier molecular flexibility index (Phi) is 4.18. The number of hydrogen-bond acceptors (Lipinski definition) is 5. The number of nitrogens with zero attached hydrogens (tertiary/aromatic N) is 4. The molecule has 0 atom stereocenters. The largest absolute Gasteiger partial charge is 0.373 e. The van der Waals surface area contributed by atoms with E-state index in [4.69, 9.17) is 5.21 Å². The normalized spacial score (nSPS) is 10.7. The molecule has 4 rings (SSSR count). The van der Waals surface area contributed by atoms with Crippen LogP contribution in [0.15, 0.2) is 67.0 Å². The molecule has 7 heteroatoms. The number of anilines is 1. The van der Waals surface area contributed by atoms with Gasteiger partial charge in [0.15, 0.2) is 5.82 Å². The second-order valence-electron chi connectivity index (χ2n) is 5.94. The number of nitrogens with one attached hydrogen (secondary N) is 1. The van der Waals surface area contributed by atoms with E-state index in [0.29, 0.717) is 11.6 Å². The van der Waals surface area contributed by atoms with Crippen molar-refractivity contribution in [2.75, 3.05) is 12.4 Å². The maximum absolute atomic E-state index is 11.2. The summed E-state index contributed by atoms with van der Waals surface area (Å²) in [6, 6.07) is 16.3. The molecule has 0 saturated carbocycles. The lowest BCUT2D eigenvalue weighted by Gasteiger charge is -2.10. The van der Waals surface area contributed by atoms with Crippen molar-refractivity contribution in [3.63, 3.8) is 0 Å². The zero-order valence-electron chi connectivity index (χ0n) is 14.5. The van der Waals surface area contributed by atoms with Gasteiger partial charge in [0.2, 0.25) is 0 Å². The van der Waals surface area contributed by atoms with Gasteiger partial charge in [-0.1, -0.05) is 18.2 Å². The van der Waals surface area contributed by atoms with E-state index in [2.05, 4.69) is 20.3 Å². The van der Waals surface area contributed by atoms with Gasteiger partial charge in [-0.25, -0.2) is 15.2 Å². The lowest BCUT2D eigenvalue weighted by Crippen LogP contribution is -1.99. The van der Waals surface area contributed by atoms with Gasteiger partial charge in [0.05, 0.1) is 10.4 Å². The van der Waals surface area contributed by atoms with Crippen LogP contribution < -0.4 is 5.32 Å². The fourth-order valence-electron chi connectivity index (χ4n) is 2.93. The van der Waals surface area contributed by atoms with Gasteiger partial charge in [-0.15, -0.1) is 0 Å². The molecule has 4 aromatic rings. The quantitative estimate of drug-likeness (QED) is 0.531. The molecule has 0 fully saturated rings. The summed E-state index contributed by atoms with van der Waals surface area (Å²) in [7, 11) is 1.81. The Labute approximate surface area is 154 Å². The summed E-state index contributed by atoms with van der Waals surface area (Å²) in [6.45, 7) is 0. The first-order valence-electron chi connectivity index (χ1n) is 8.32. The number of benzene rings is 2. The van der Waals surface area contributed by atoms with Crippen molar-refractivity contribution in [3.8, 4) is 22.5 Å². The summed E-state index contributed by atoms with van der Waals surface area (Å²) in [5, 5.41) is 13.1. The highest BCUT2D eigenvalue weighted by Crippen LogP contribution is 2.30. The van der Waals surface area contributed by atoms with Crippen molar-refractivity contribution >= 4 is 22.4 Å². The van der Waals surface area contributed by atoms with Gasteiger partial charge in [-0.05, 0) is 35.4 Å². The van der Waals surface area contributed by atoms with Crippen LogP contribution in [0, 0.1) is 4.91 Å². The highest BCUT2D eigenvalue weighted by atomic mass is 16.6. The molecule has 0 radical (unpaired) electrons. The molecule has 2 aromatic heterocycles. The van der Waals surface area contributed by atoms with E-state index in [0.717, 1.165) is 27.6 Å².